The van der Waals surface area contributed by atoms with Crippen LogP contribution in [0.1, 0.15) is 11.1 Å². The lowest BCUT2D eigenvalue weighted by molar-refractivity contribution is -0.146. The number of hydrogen-bond acceptors (Lipinski definition) is 4. The molecule has 0 aromatic heterocycles. The zero-order valence-electron chi connectivity index (χ0n) is 12.8. The normalized spacial score (nSPS) is 13.1. The maximum atomic E-state index is 12.1. The van der Waals surface area contributed by atoms with E-state index in [1.165, 1.54) is 11.0 Å². The predicted molar refractivity (Wildman–Crippen MR) is 81.9 cm³/mol. The summed E-state index contributed by atoms with van der Waals surface area (Å²) in [7, 11) is 3.16. The molecule has 0 spiro atoms. The van der Waals surface area contributed by atoms with Crippen molar-refractivity contribution in [3.63, 3.8) is 0 Å². The summed E-state index contributed by atoms with van der Waals surface area (Å²) in [5, 5.41) is 2.50. The van der Waals surface area contributed by atoms with E-state index >= 15 is 0 Å². The number of benzene rings is 1. The first kappa shape index (κ1) is 15.9. The maximum Gasteiger partial charge on any atom is 0.312 e. The molecular weight excluding hydrogens is 284 g/mol. The zero-order valence-corrected chi connectivity index (χ0v) is 12.8. The number of fused-ring (bicyclic) bond motifs is 1. The molecule has 1 heterocycles. The largest absolute Gasteiger partial charge is 0.493 e. The second-order valence-electron chi connectivity index (χ2n) is 4.95. The summed E-state index contributed by atoms with van der Waals surface area (Å²) in [5.41, 5.74) is 2.07. The molecule has 118 valence electrons. The van der Waals surface area contributed by atoms with Gasteiger partial charge in [0.15, 0.2) is 11.5 Å². The van der Waals surface area contributed by atoms with E-state index in [-0.39, 0.29) is 6.54 Å². The maximum absolute atomic E-state index is 12.1. The zero-order chi connectivity index (χ0) is 16.1. The van der Waals surface area contributed by atoms with Gasteiger partial charge in [-0.1, -0.05) is 6.08 Å². The summed E-state index contributed by atoms with van der Waals surface area (Å²) in [6.07, 6.45) is 2.21. The molecule has 1 aliphatic rings. The molecule has 0 unspecified atom stereocenters. The molecule has 1 aromatic rings. The van der Waals surface area contributed by atoms with Crippen molar-refractivity contribution in [2.75, 3.05) is 27.3 Å². The van der Waals surface area contributed by atoms with Gasteiger partial charge >= 0.3 is 11.8 Å². The van der Waals surface area contributed by atoms with Gasteiger partial charge in [0, 0.05) is 19.6 Å². The average Bonchev–Trinajstić information content (AvgIpc) is 2.56. The standard InChI is InChI=1S/C16H20N2O4/c1-4-6-17-15(19)16(20)18-7-5-11-8-13(21-2)14(22-3)9-12(11)10-18/h4,8-9H,1,5-7,10H2,2-3H3,(H,17,19). The van der Waals surface area contributed by atoms with Crippen molar-refractivity contribution >= 4 is 11.8 Å². The Morgan fingerprint density at radius 1 is 1.27 bits per heavy atom. The van der Waals surface area contributed by atoms with E-state index in [4.69, 9.17) is 9.47 Å². The van der Waals surface area contributed by atoms with Gasteiger partial charge < -0.3 is 19.7 Å². The average molecular weight is 304 g/mol. The monoisotopic (exact) mass is 304 g/mol. The smallest absolute Gasteiger partial charge is 0.312 e. The quantitative estimate of drug-likeness (QED) is 0.662. The summed E-state index contributed by atoms with van der Waals surface area (Å²) >= 11 is 0. The third-order valence-electron chi connectivity index (χ3n) is 3.61. The lowest BCUT2D eigenvalue weighted by atomic mass is 9.98. The second-order valence-corrected chi connectivity index (χ2v) is 4.95. The van der Waals surface area contributed by atoms with E-state index in [0.29, 0.717) is 31.0 Å². The minimum Gasteiger partial charge on any atom is -0.493 e. The van der Waals surface area contributed by atoms with Crippen molar-refractivity contribution in [3.8, 4) is 11.5 Å². The van der Waals surface area contributed by atoms with Gasteiger partial charge in [-0.25, -0.2) is 0 Å². The first-order valence-electron chi connectivity index (χ1n) is 7.02. The third kappa shape index (κ3) is 3.21. The number of nitrogens with zero attached hydrogens (tertiary/aromatic N) is 1. The summed E-state index contributed by atoms with van der Waals surface area (Å²) < 4.78 is 10.6. The highest BCUT2D eigenvalue weighted by Gasteiger charge is 2.26. The highest BCUT2D eigenvalue weighted by Crippen LogP contribution is 2.33. The molecule has 1 aliphatic heterocycles. The number of methoxy groups -OCH3 is 2. The first-order chi connectivity index (χ1) is 10.6. The fourth-order valence-electron chi connectivity index (χ4n) is 2.44. The topological polar surface area (TPSA) is 67.9 Å². The highest BCUT2D eigenvalue weighted by molar-refractivity contribution is 6.35. The van der Waals surface area contributed by atoms with Crippen LogP contribution in [0.5, 0.6) is 11.5 Å². The van der Waals surface area contributed by atoms with Crippen molar-refractivity contribution in [1.29, 1.82) is 0 Å². The Morgan fingerprint density at radius 3 is 2.50 bits per heavy atom. The molecule has 0 bridgehead atoms. The molecule has 0 saturated heterocycles. The lowest BCUT2D eigenvalue weighted by Crippen LogP contribution is -2.45. The van der Waals surface area contributed by atoms with Crippen LogP contribution in [-0.2, 0) is 22.6 Å². The van der Waals surface area contributed by atoms with Crippen molar-refractivity contribution < 1.29 is 19.1 Å². The Labute approximate surface area is 129 Å². The molecule has 1 N–H and O–H groups in total. The molecule has 0 radical (unpaired) electrons. The minimum atomic E-state index is -0.608. The highest BCUT2D eigenvalue weighted by atomic mass is 16.5. The summed E-state index contributed by atoms with van der Waals surface area (Å²) in [5.74, 6) is 0.155. The number of hydrogen-bond donors (Lipinski definition) is 1. The van der Waals surface area contributed by atoms with Gasteiger partial charge in [0.25, 0.3) is 0 Å². The Kier molecular flexibility index (Phi) is 5.04. The summed E-state index contributed by atoms with van der Waals surface area (Å²) in [4.78, 5) is 25.4. The molecule has 0 aliphatic carbocycles. The third-order valence-corrected chi connectivity index (χ3v) is 3.61. The Balaban J connectivity index is 2.15. The molecule has 0 fully saturated rings. The summed E-state index contributed by atoms with van der Waals surface area (Å²) in [6.45, 7) is 4.67. The second kappa shape index (κ2) is 6.98. The van der Waals surface area contributed by atoms with Crippen molar-refractivity contribution in [2.24, 2.45) is 0 Å². The first-order valence-corrected chi connectivity index (χ1v) is 7.02. The minimum absolute atomic E-state index is 0.278. The molecule has 1 aromatic carbocycles. The molecule has 2 rings (SSSR count). The van der Waals surface area contributed by atoms with E-state index in [2.05, 4.69) is 11.9 Å². The van der Waals surface area contributed by atoms with Crippen molar-refractivity contribution in [3.05, 3.63) is 35.9 Å². The molecule has 0 saturated carbocycles. The Hall–Kier alpha value is -2.50. The number of carbonyl (C=O) groups excluding carboxylic acids is 2. The van der Waals surface area contributed by atoms with Gasteiger partial charge in [-0.15, -0.1) is 6.58 Å². The van der Waals surface area contributed by atoms with Crippen LogP contribution in [0, 0.1) is 0 Å². The Morgan fingerprint density at radius 2 is 1.91 bits per heavy atom. The van der Waals surface area contributed by atoms with E-state index in [0.717, 1.165) is 11.1 Å². The number of nitrogens with one attached hydrogen (secondary N) is 1. The molecule has 2 amide bonds. The van der Waals surface area contributed by atoms with Crippen LogP contribution < -0.4 is 14.8 Å². The lowest BCUT2D eigenvalue weighted by Gasteiger charge is -2.29. The fourth-order valence-corrected chi connectivity index (χ4v) is 2.44. The van der Waals surface area contributed by atoms with Crippen LogP contribution in [0.15, 0.2) is 24.8 Å². The summed E-state index contributed by atoms with van der Waals surface area (Å²) in [6, 6.07) is 3.78. The van der Waals surface area contributed by atoms with E-state index in [1.54, 1.807) is 14.2 Å². The predicted octanol–water partition coefficient (Wildman–Crippen LogP) is 0.891. The fraction of sp³-hybridized carbons (Fsp3) is 0.375. The van der Waals surface area contributed by atoms with Gasteiger partial charge in [-0.2, -0.15) is 0 Å². The van der Waals surface area contributed by atoms with Gasteiger partial charge in [0.05, 0.1) is 14.2 Å². The van der Waals surface area contributed by atoms with Crippen LogP contribution in [-0.4, -0.2) is 44.0 Å². The molecule has 0 atom stereocenters. The number of carbonyl (C=O) groups is 2. The molecular formula is C16H20N2O4. The van der Waals surface area contributed by atoms with Crippen LogP contribution in [0.4, 0.5) is 0 Å². The van der Waals surface area contributed by atoms with Crippen LogP contribution in [0.2, 0.25) is 0 Å². The number of rotatable bonds is 4. The van der Waals surface area contributed by atoms with Crippen LogP contribution >= 0.6 is 0 Å². The van der Waals surface area contributed by atoms with Crippen molar-refractivity contribution in [2.45, 2.75) is 13.0 Å². The van der Waals surface area contributed by atoms with Gasteiger partial charge in [-0.05, 0) is 29.7 Å². The van der Waals surface area contributed by atoms with Gasteiger partial charge in [0.2, 0.25) is 0 Å². The van der Waals surface area contributed by atoms with Gasteiger partial charge in [0.1, 0.15) is 0 Å². The number of ether oxygens (including phenoxy) is 2. The van der Waals surface area contributed by atoms with Crippen LogP contribution in [0.3, 0.4) is 0 Å². The number of amides is 2. The Bertz CT molecular complexity index is 598. The molecule has 6 heteroatoms. The van der Waals surface area contributed by atoms with Gasteiger partial charge in [-0.3, -0.25) is 9.59 Å². The van der Waals surface area contributed by atoms with E-state index < -0.39 is 11.8 Å². The van der Waals surface area contributed by atoms with E-state index in [9.17, 15) is 9.59 Å². The van der Waals surface area contributed by atoms with E-state index in [1.807, 2.05) is 12.1 Å². The molecule has 22 heavy (non-hydrogen) atoms. The van der Waals surface area contributed by atoms with Crippen LogP contribution in [0.25, 0.3) is 0 Å². The SMILES string of the molecule is C=CCNC(=O)C(=O)N1CCc2cc(OC)c(OC)cc2C1. The molecule has 6 nitrogen and oxygen atoms in total. The van der Waals surface area contributed by atoms with Crippen molar-refractivity contribution in [1.82, 2.24) is 10.2 Å².